The summed E-state index contributed by atoms with van der Waals surface area (Å²) < 4.78 is 5.27. The van der Waals surface area contributed by atoms with E-state index in [0.717, 1.165) is 17.7 Å². The van der Waals surface area contributed by atoms with Crippen LogP contribution in [0.4, 0.5) is 0 Å². The van der Waals surface area contributed by atoms with Crippen LogP contribution in [0.1, 0.15) is 31.9 Å². The van der Waals surface area contributed by atoms with Crippen molar-refractivity contribution in [1.29, 1.82) is 0 Å². The first-order valence-corrected chi connectivity index (χ1v) is 5.47. The third-order valence-electron chi connectivity index (χ3n) is 2.36. The van der Waals surface area contributed by atoms with Crippen LogP contribution in [0.15, 0.2) is 30.3 Å². The zero-order chi connectivity index (χ0) is 11.3. The quantitative estimate of drug-likeness (QED) is 0.676. The monoisotopic (exact) mass is 204 g/mol. The van der Waals surface area contributed by atoms with Gasteiger partial charge in [0.1, 0.15) is 5.76 Å². The van der Waals surface area contributed by atoms with Gasteiger partial charge in [0, 0.05) is 5.56 Å². The zero-order valence-corrected chi connectivity index (χ0v) is 10.1. The zero-order valence-electron chi connectivity index (χ0n) is 10.1. The second-order valence-electron chi connectivity index (χ2n) is 4.15. The van der Waals surface area contributed by atoms with Crippen molar-refractivity contribution in [2.75, 3.05) is 7.11 Å². The van der Waals surface area contributed by atoms with Gasteiger partial charge in [0.2, 0.25) is 0 Å². The van der Waals surface area contributed by atoms with Crippen LogP contribution in [0, 0.1) is 5.92 Å². The molecule has 0 aliphatic heterocycles. The number of allylic oxidation sites excluding steroid dienone is 1. The fourth-order valence-corrected chi connectivity index (χ4v) is 1.68. The van der Waals surface area contributed by atoms with Crippen LogP contribution in [0.2, 0.25) is 0 Å². The van der Waals surface area contributed by atoms with E-state index in [4.69, 9.17) is 4.74 Å². The first-order valence-electron chi connectivity index (χ1n) is 5.47. The lowest BCUT2D eigenvalue weighted by molar-refractivity contribution is 0.369. The van der Waals surface area contributed by atoms with Crippen LogP contribution >= 0.6 is 0 Å². The Balaban J connectivity index is 2.80. The number of benzene rings is 1. The Labute approximate surface area is 92.8 Å². The van der Waals surface area contributed by atoms with E-state index in [1.807, 2.05) is 13.0 Å². The number of hydrogen-bond acceptors (Lipinski definition) is 1. The minimum absolute atomic E-state index is 0.708. The van der Waals surface area contributed by atoms with Gasteiger partial charge in [-0.25, -0.2) is 0 Å². The highest BCUT2D eigenvalue weighted by Crippen LogP contribution is 2.17. The maximum atomic E-state index is 5.27. The highest BCUT2D eigenvalue weighted by Gasteiger charge is 2.01. The lowest BCUT2D eigenvalue weighted by Gasteiger charge is -2.08. The molecule has 0 saturated carbocycles. The maximum Gasteiger partial charge on any atom is 0.121 e. The van der Waals surface area contributed by atoms with E-state index in [0.29, 0.717) is 5.92 Å². The summed E-state index contributed by atoms with van der Waals surface area (Å²) >= 11 is 0. The molecule has 0 unspecified atom stereocenters. The summed E-state index contributed by atoms with van der Waals surface area (Å²) in [5, 5.41) is 0. The molecule has 0 fully saturated rings. The van der Waals surface area contributed by atoms with E-state index < -0.39 is 0 Å². The molecule has 1 heteroatoms. The number of hydrogen-bond donors (Lipinski definition) is 0. The van der Waals surface area contributed by atoms with Crippen LogP contribution in [0.25, 0.3) is 5.76 Å². The van der Waals surface area contributed by atoms with Crippen LogP contribution in [0.3, 0.4) is 0 Å². The molecule has 0 radical (unpaired) electrons. The predicted molar refractivity (Wildman–Crippen MR) is 65.6 cm³/mol. The Bertz CT molecular complexity index is 320. The van der Waals surface area contributed by atoms with Crippen LogP contribution in [-0.4, -0.2) is 7.11 Å². The highest BCUT2D eigenvalue weighted by atomic mass is 16.5. The fourth-order valence-electron chi connectivity index (χ4n) is 1.68. The molecule has 1 nitrogen and oxygen atoms in total. The van der Waals surface area contributed by atoms with Crippen molar-refractivity contribution < 1.29 is 4.74 Å². The molecule has 0 atom stereocenters. The number of methoxy groups -OCH3 is 1. The Hall–Kier alpha value is -1.24. The number of ether oxygens (including phenoxy) is 1. The Morgan fingerprint density at radius 2 is 1.87 bits per heavy atom. The van der Waals surface area contributed by atoms with Gasteiger partial charge in [-0.05, 0) is 30.9 Å². The topological polar surface area (TPSA) is 9.23 Å². The second-order valence-corrected chi connectivity index (χ2v) is 4.15. The van der Waals surface area contributed by atoms with Gasteiger partial charge in [-0.2, -0.15) is 0 Å². The van der Waals surface area contributed by atoms with Crippen molar-refractivity contribution in [3.63, 3.8) is 0 Å². The molecular formula is C14H20O. The third kappa shape index (κ3) is 3.43. The van der Waals surface area contributed by atoms with Crippen LogP contribution in [0.5, 0.6) is 0 Å². The average Bonchev–Trinajstić information content (AvgIpc) is 2.21. The lowest BCUT2D eigenvalue weighted by atomic mass is 10.0. The van der Waals surface area contributed by atoms with Crippen molar-refractivity contribution in [2.24, 2.45) is 5.92 Å². The van der Waals surface area contributed by atoms with Gasteiger partial charge < -0.3 is 4.74 Å². The number of rotatable bonds is 4. The molecule has 0 spiro atoms. The largest absolute Gasteiger partial charge is 0.496 e. The summed E-state index contributed by atoms with van der Waals surface area (Å²) in [6.07, 6.45) is 3.12. The minimum atomic E-state index is 0.708. The first kappa shape index (κ1) is 11.8. The van der Waals surface area contributed by atoms with Gasteiger partial charge in [0.05, 0.1) is 7.11 Å². The highest BCUT2D eigenvalue weighted by molar-refractivity contribution is 5.59. The van der Waals surface area contributed by atoms with E-state index >= 15 is 0 Å². The van der Waals surface area contributed by atoms with Crippen molar-refractivity contribution in [2.45, 2.75) is 27.2 Å². The molecule has 1 aromatic rings. The Morgan fingerprint density at radius 3 is 2.27 bits per heavy atom. The first-order chi connectivity index (χ1) is 7.17. The molecule has 0 heterocycles. The normalized spacial score (nSPS) is 11.9. The van der Waals surface area contributed by atoms with Gasteiger partial charge in [-0.3, -0.25) is 0 Å². The standard InChI is InChI=1S/C14H20O/c1-5-14(15-4)13-8-6-12(7-9-13)10-11(2)3/h5-9,11H,10H2,1-4H3/b14-5-. The fraction of sp³-hybridized carbons (Fsp3) is 0.429. The Kier molecular flexibility index (Phi) is 4.41. The molecule has 0 amide bonds. The SMILES string of the molecule is C/C=C(\OC)c1ccc(CC(C)C)cc1. The summed E-state index contributed by atoms with van der Waals surface area (Å²) in [6.45, 7) is 6.46. The molecule has 1 rings (SSSR count). The molecule has 0 aliphatic carbocycles. The Morgan fingerprint density at radius 1 is 1.27 bits per heavy atom. The molecule has 82 valence electrons. The van der Waals surface area contributed by atoms with Crippen molar-refractivity contribution in [3.8, 4) is 0 Å². The lowest BCUT2D eigenvalue weighted by Crippen LogP contribution is -1.94. The van der Waals surface area contributed by atoms with Crippen molar-refractivity contribution in [3.05, 3.63) is 41.5 Å². The summed E-state index contributed by atoms with van der Waals surface area (Å²) in [6, 6.07) is 8.60. The molecular weight excluding hydrogens is 184 g/mol. The minimum Gasteiger partial charge on any atom is -0.496 e. The van der Waals surface area contributed by atoms with Crippen molar-refractivity contribution >= 4 is 5.76 Å². The summed E-state index contributed by atoms with van der Waals surface area (Å²) in [4.78, 5) is 0. The molecule has 1 aromatic carbocycles. The van der Waals surface area contributed by atoms with E-state index in [9.17, 15) is 0 Å². The van der Waals surface area contributed by atoms with Crippen LogP contribution < -0.4 is 0 Å². The van der Waals surface area contributed by atoms with E-state index in [-0.39, 0.29) is 0 Å². The molecule has 0 aromatic heterocycles. The average molecular weight is 204 g/mol. The second kappa shape index (κ2) is 5.59. The molecule has 0 saturated heterocycles. The van der Waals surface area contributed by atoms with E-state index in [1.54, 1.807) is 7.11 Å². The summed E-state index contributed by atoms with van der Waals surface area (Å²) in [5.74, 6) is 1.64. The van der Waals surface area contributed by atoms with E-state index in [2.05, 4.69) is 38.1 Å². The maximum absolute atomic E-state index is 5.27. The third-order valence-corrected chi connectivity index (χ3v) is 2.36. The molecule has 0 N–H and O–H groups in total. The van der Waals surface area contributed by atoms with Gasteiger partial charge >= 0.3 is 0 Å². The van der Waals surface area contributed by atoms with Gasteiger partial charge in [-0.15, -0.1) is 0 Å². The molecule has 0 bridgehead atoms. The van der Waals surface area contributed by atoms with Gasteiger partial charge in [-0.1, -0.05) is 38.1 Å². The van der Waals surface area contributed by atoms with Crippen molar-refractivity contribution in [1.82, 2.24) is 0 Å². The van der Waals surface area contributed by atoms with Gasteiger partial charge in [0.15, 0.2) is 0 Å². The van der Waals surface area contributed by atoms with Gasteiger partial charge in [0.25, 0.3) is 0 Å². The predicted octanol–water partition coefficient (Wildman–Crippen LogP) is 3.89. The van der Waals surface area contributed by atoms with Crippen LogP contribution in [-0.2, 0) is 11.2 Å². The summed E-state index contributed by atoms with van der Waals surface area (Å²) in [7, 11) is 1.71. The smallest absolute Gasteiger partial charge is 0.121 e. The summed E-state index contributed by atoms with van der Waals surface area (Å²) in [5.41, 5.74) is 2.54. The molecule has 15 heavy (non-hydrogen) atoms. The van der Waals surface area contributed by atoms with E-state index in [1.165, 1.54) is 5.56 Å². The molecule has 0 aliphatic rings.